The summed E-state index contributed by atoms with van der Waals surface area (Å²) in [6.07, 6.45) is 0.118. The number of hydrogen-bond donors (Lipinski definition) is 1. The Morgan fingerprint density at radius 1 is 1.17 bits per heavy atom. The van der Waals surface area contributed by atoms with Crippen LogP contribution in [0.2, 0.25) is 0 Å². The van der Waals surface area contributed by atoms with Crippen LogP contribution in [0.15, 0.2) is 18.2 Å². The molecule has 0 heterocycles. The number of methoxy groups -OCH3 is 3. The zero-order valence-electron chi connectivity index (χ0n) is 10.6. The number of carbonyl (C=O) groups excluding carboxylic acids is 1. The molecular weight excluding hydrogens is 258 g/mol. The molecule has 5 nitrogen and oxygen atoms in total. The largest absolute Gasteiger partial charge is 0.497 e. The zero-order valence-corrected chi connectivity index (χ0v) is 11.5. The van der Waals surface area contributed by atoms with E-state index in [1.807, 2.05) is 0 Å². The van der Waals surface area contributed by atoms with Crippen molar-refractivity contribution < 1.29 is 19.0 Å². The predicted molar refractivity (Wildman–Crippen MR) is 70.4 cm³/mol. The highest BCUT2D eigenvalue weighted by molar-refractivity contribution is 5.85. The third-order valence-corrected chi connectivity index (χ3v) is 2.42. The van der Waals surface area contributed by atoms with Gasteiger partial charge < -0.3 is 19.9 Å². The number of esters is 1. The monoisotopic (exact) mass is 275 g/mol. The molecule has 1 aromatic rings. The van der Waals surface area contributed by atoms with Crippen LogP contribution in [-0.4, -0.2) is 27.3 Å². The third kappa shape index (κ3) is 4.43. The van der Waals surface area contributed by atoms with Crippen molar-refractivity contribution in [1.29, 1.82) is 0 Å². The molecule has 0 bridgehead atoms. The van der Waals surface area contributed by atoms with Crippen molar-refractivity contribution in [3.05, 3.63) is 23.8 Å². The minimum absolute atomic E-state index is 0. The van der Waals surface area contributed by atoms with E-state index in [2.05, 4.69) is 4.74 Å². The van der Waals surface area contributed by atoms with Crippen LogP contribution in [0, 0.1) is 0 Å². The number of hydrogen-bond acceptors (Lipinski definition) is 5. The lowest BCUT2D eigenvalue weighted by Crippen LogP contribution is -2.16. The summed E-state index contributed by atoms with van der Waals surface area (Å²) < 4.78 is 14.8. The number of benzene rings is 1. The molecule has 0 aromatic heterocycles. The molecule has 0 amide bonds. The second-order valence-electron chi connectivity index (χ2n) is 3.53. The number of carbonyl (C=O) groups is 1. The van der Waals surface area contributed by atoms with Crippen molar-refractivity contribution >= 4 is 18.4 Å². The third-order valence-electron chi connectivity index (χ3n) is 2.42. The SMILES string of the molecule is COC(=O)CC(N)c1cc(OC)cc(OC)c1.Cl. The minimum Gasteiger partial charge on any atom is -0.497 e. The summed E-state index contributed by atoms with van der Waals surface area (Å²) in [6.45, 7) is 0. The normalized spacial score (nSPS) is 11.1. The fraction of sp³-hybridized carbons (Fsp3) is 0.417. The lowest BCUT2D eigenvalue weighted by molar-refractivity contribution is -0.141. The number of ether oxygens (including phenoxy) is 3. The first kappa shape index (κ1) is 16.5. The Hall–Kier alpha value is -1.46. The van der Waals surface area contributed by atoms with Crippen LogP contribution in [0.1, 0.15) is 18.0 Å². The summed E-state index contributed by atoms with van der Waals surface area (Å²) in [6, 6.07) is 4.85. The first-order valence-corrected chi connectivity index (χ1v) is 5.16. The first-order chi connectivity index (χ1) is 8.10. The molecule has 0 aliphatic carbocycles. The van der Waals surface area contributed by atoms with Crippen LogP contribution in [-0.2, 0) is 9.53 Å². The highest BCUT2D eigenvalue weighted by Crippen LogP contribution is 2.26. The molecule has 2 N–H and O–H groups in total. The van der Waals surface area contributed by atoms with E-state index in [9.17, 15) is 4.79 Å². The lowest BCUT2D eigenvalue weighted by atomic mass is 10.0. The van der Waals surface area contributed by atoms with Crippen LogP contribution < -0.4 is 15.2 Å². The molecule has 1 atom stereocenters. The van der Waals surface area contributed by atoms with E-state index in [4.69, 9.17) is 15.2 Å². The lowest BCUT2D eigenvalue weighted by Gasteiger charge is -2.13. The van der Waals surface area contributed by atoms with Gasteiger partial charge in [-0.3, -0.25) is 4.79 Å². The van der Waals surface area contributed by atoms with Crippen molar-refractivity contribution in [3.63, 3.8) is 0 Å². The van der Waals surface area contributed by atoms with Gasteiger partial charge in [0.1, 0.15) is 11.5 Å². The molecule has 18 heavy (non-hydrogen) atoms. The van der Waals surface area contributed by atoms with Gasteiger partial charge in [-0.2, -0.15) is 0 Å². The fourth-order valence-electron chi connectivity index (χ4n) is 1.42. The van der Waals surface area contributed by atoms with E-state index in [0.717, 1.165) is 5.56 Å². The molecule has 1 unspecified atom stereocenters. The Kier molecular flexibility index (Phi) is 7.16. The Balaban J connectivity index is 0.00000289. The van der Waals surface area contributed by atoms with Crippen molar-refractivity contribution in [2.45, 2.75) is 12.5 Å². The maximum Gasteiger partial charge on any atom is 0.307 e. The predicted octanol–water partition coefficient (Wildman–Crippen LogP) is 1.69. The Bertz CT molecular complexity index is 375. The van der Waals surface area contributed by atoms with E-state index < -0.39 is 6.04 Å². The summed E-state index contributed by atoms with van der Waals surface area (Å²) in [7, 11) is 4.45. The van der Waals surface area contributed by atoms with Gasteiger partial charge in [0.15, 0.2) is 0 Å². The molecule has 6 heteroatoms. The standard InChI is InChI=1S/C12H17NO4.ClH/c1-15-9-4-8(5-10(6-9)16-2)11(13)7-12(14)17-3;/h4-6,11H,7,13H2,1-3H3;1H. The molecule has 1 rings (SSSR count). The van der Waals surface area contributed by atoms with Crippen LogP contribution in [0.3, 0.4) is 0 Å². The topological polar surface area (TPSA) is 70.8 Å². The summed E-state index contributed by atoms with van der Waals surface area (Å²) in [4.78, 5) is 11.1. The number of halogens is 1. The maximum atomic E-state index is 11.1. The maximum absolute atomic E-state index is 11.1. The van der Waals surface area contributed by atoms with Gasteiger partial charge in [-0.15, -0.1) is 12.4 Å². The minimum atomic E-state index is -0.438. The van der Waals surface area contributed by atoms with Gasteiger partial charge in [0, 0.05) is 12.1 Å². The van der Waals surface area contributed by atoms with E-state index in [-0.39, 0.29) is 24.8 Å². The summed E-state index contributed by atoms with van der Waals surface area (Å²) >= 11 is 0. The second-order valence-corrected chi connectivity index (χ2v) is 3.53. The Labute approximate surface area is 113 Å². The van der Waals surface area contributed by atoms with Crippen molar-refractivity contribution in [1.82, 2.24) is 0 Å². The fourth-order valence-corrected chi connectivity index (χ4v) is 1.42. The Morgan fingerprint density at radius 2 is 1.67 bits per heavy atom. The van der Waals surface area contributed by atoms with Gasteiger partial charge in [-0.25, -0.2) is 0 Å². The number of nitrogens with two attached hydrogens (primary N) is 1. The smallest absolute Gasteiger partial charge is 0.307 e. The highest BCUT2D eigenvalue weighted by atomic mass is 35.5. The van der Waals surface area contributed by atoms with Crippen LogP contribution in [0.5, 0.6) is 11.5 Å². The van der Waals surface area contributed by atoms with Gasteiger partial charge in [0.2, 0.25) is 0 Å². The molecule has 0 aliphatic heterocycles. The van der Waals surface area contributed by atoms with Crippen LogP contribution in [0.25, 0.3) is 0 Å². The molecule has 0 spiro atoms. The van der Waals surface area contributed by atoms with Gasteiger partial charge in [0.05, 0.1) is 27.8 Å². The molecule has 0 fully saturated rings. The molecule has 0 radical (unpaired) electrons. The van der Waals surface area contributed by atoms with Gasteiger partial charge in [0.25, 0.3) is 0 Å². The quantitative estimate of drug-likeness (QED) is 0.828. The molecule has 0 aliphatic rings. The molecule has 102 valence electrons. The molecule has 0 saturated carbocycles. The molecule has 0 saturated heterocycles. The zero-order chi connectivity index (χ0) is 12.8. The summed E-state index contributed by atoms with van der Waals surface area (Å²) in [5.41, 5.74) is 6.68. The average Bonchev–Trinajstić information content (AvgIpc) is 2.37. The summed E-state index contributed by atoms with van der Waals surface area (Å²) in [5.74, 6) is 0.929. The molecule has 1 aromatic carbocycles. The van der Waals surface area contributed by atoms with E-state index in [0.29, 0.717) is 11.5 Å². The van der Waals surface area contributed by atoms with Gasteiger partial charge >= 0.3 is 5.97 Å². The van der Waals surface area contributed by atoms with Gasteiger partial charge in [-0.1, -0.05) is 0 Å². The Morgan fingerprint density at radius 3 is 2.06 bits per heavy atom. The highest BCUT2D eigenvalue weighted by Gasteiger charge is 2.14. The van der Waals surface area contributed by atoms with Crippen LogP contribution in [0.4, 0.5) is 0 Å². The first-order valence-electron chi connectivity index (χ1n) is 5.16. The van der Waals surface area contributed by atoms with E-state index >= 15 is 0 Å². The van der Waals surface area contributed by atoms with E-state index in [1.165, 1.54) is 7.11 Å². The van der Waals surface area contributed by atoms with Crippen molar-refractivity contribution in [3.8, 4) is 11.5 Å². The summed E-state index contributed by atoms with van der Waals surface area (Å²) in [5, 5.41) is 0. The number of rotatable bonds is 5. The van der Waals surface area contributed by atoms with Gasteiger partial charge in [-0.05, 0) is 17.7 Å². The average molecular weight is 276 g/mol. The second kappa shape index (κ2) is 7.79. The van der Waals surface area contributed by atoms with Crippen LogP contribution >= 0.6 is 12.4 Å². The van der Waals surface area contributed by atoms with E-state index in [1.54, 1.807) is 32.4 Å². The van der Waals surface area contributed by atoms with Crippen molar-refractivity contribution in [2.24, 2.45) is 5.73 Å². The van der Waals surface area contributed by atoms with Crippen molar-refractivity contribution in [2.75, 3.05) is 21.3 Å². The molecular formula is C12H18ClNO4.